The van der Waals surface area contributed by atoms with E-state index < -0.39 is 11.5 Å². The van der Waals surface area contributed by atoms with Crippen molar-refractivity contribution in [1.82, 2.24) is 9.88 Å². The number of fused-ring (bicyclic) bond motifs is 1. The molecule has 0 unspecified atom stereocenters. The maximum Gasteiger partial charge on any atom is 0.349 e. The fourth-order valence-corrected chi connectivity index (χ4v) is 3.00. The molecule has 1 aliphatic rings. The second kappa shape index (κ2) is 7.04. The van der Waals surface area contributed by atoms with E-state index in [1.54, 1.807) is 30.3 Å². The summed E-state index contributed by atoms with van der Waals surface area (Å²) >= 11 is 0. The summed E-state index contributed by atoms with van der Waals surface area (Å²) in [5.74, 6) is 0.230. The zero-order valence-corrected chi connectivity index (χ0v) is 14.9. The zero-order chi connectivity index (χ0) is 19.7. The minimum Gasteiger partial charge on any atom is -0.493 e. The first-order valence-corrected chi connectivity index (χ1v) is 8.52. The molecule has 1 fully saturated rings. The Balaban J connectivity index is 1.50. The molecule has 0 saturated carbocycles. The second-order valence-corrected chi connectivity index (χ2v) is 6.24. The van der Waals surface area contributed by atoms with Crippen LogP contribution in [0.5, 0.6) is 11.6 Å². The summed E-state index contributed by atoms with van der Waals surface area (Å²) in [6, 6.07) is 11.9. The number of pyridine rings is 1. The molecule has 1 aliphatic heterocycles. The minimum absolute atomic E-state index is 0.0465. The monoisotopic (exact) mass is 377 g/mol. The molecule has 8 heteroatoms. The van der Waals surface area contributed by atoms with E-state index in [9.17, 15) is 9.59 Å². The summed E-state index contributed by atoms with van der Waals surface area (Å²) < 4.78 is 16.2. The van der Waals surface area contributed by atoms with Gasteiger partial charge >= 0.3 is 5.63 Å². The summed E-state index contributed by atoms with van der Waals surface area (Å²) in [4.78, 5) is 30.5. The Hall–Kier alpha value is -3.86. The van der Waals surface area contributed by atoms with Crippen molar-refractivity contribution in [3.05, 3.63) is 64.1 Å². The van der Waals surface area contributed by atoms with Gasteiger partial charge in [-0.15, -0.1) is 0 Å². The summed E-state index contributed by atoms with van der Waals surface area (Å²) in [5, 5.41) is 9.68. The lowest BCUT2D eigenvalue weighted by Gasteiger charge is -2.38. The molecule has 4 rings (SSSR count). The predicted octanol–water partition coefficient (Wildman–Crippen LogP) is 1.97. The molecule has 28 heavy (non-hydrogen) atoms. The number of benzene rings is 1. The van der Waals surface area contributed by atoms with E-state index in [0.29, 0.717) is 22.3 Å². The highest BCUT2D eigenvalue weighted by molar-refractivity contribution is 5.97. The average Bonchev–Trinajstić information content (AvgIpc) is 2.69. The van der Waals surface area contributed by atoms with Crippen molar-refractivity contribution in [3.8, 4) is 17.7 Å². The molecule has 1 saturated heterocycles. The van der Waals surface area contributed by atoms with Crippen LogP contribution in [-0.4, -0.2) is 42.1 Å². The molecule has 0 N–H and O–H groups in total. The first-order valence-electron chi connectivity index (χ1n) is 8.52. The molecular weight excluding hydrogens is 362 g/mol. The van der Waals surface area contributed by atoms with Crippen LogP contribution in [0.3, 0.4) is 0 Å². The number of ether oxygens (including phenoxy) is 2. The van der Waals surface area contributed by atoms with Crippen LogP contribution in [0.2, 0.25) is 0 Å². The molecule has 140 valence electrons. The topological polar surface area (TPSA) is 106 Å². The lowest BCUT2D eigenvalue weighted by atomic mass is 10.1. The Morgan fingerprint density at radius 2 is 2.14 bits per heavy atom. The fraction of sp³-hybridized carbons (Fsp3) is 0.200. The Labute approximate surface area is 159 Å². The van der Waals surface area contributed by atoms with Crippen molar-refractivity contribution < 1.29 is 18.7 Å². The smallest absolute Gasteiger partial charge is 0.349 e. The van der Waals surface area contributed by atoms with Gasteiger partial charge in [-0.25, -0.2) is 9.78 Å². The van der Waals surface area contributed by atoms with Gasteiger partial charge in [0.1, 0.15) is 23.3 Å². The summed E-state index contributed by atoms with van der Waals surface area (Å²) in [6.07, 6.45) is 1.24. The van der Waals surface area contributed by atoms with Crippen LogP contribution >= 0.6 is 0 Å². The van der Waals surface area contributed by atoms with Gasteiger partial charge in [0.05, 0.1) is 20.2 Å². The Morgan fingerprint density at radius 1 is 1.32 bits per heavy atom. The number of nitrogens with zero attached hydrogens (tertiary/aromatic N) is 3. The Morgan fingerprint density at radius 3 is 2.89 bits per heavy atom. The number of aromatic nitrogens is 1. The first kappa shape index (κ1) is 17.5. The lowest BCUT2D eigenvalue weighted by molar-refractivity contribution is 0.0156. The van der Waals surface area contributed by atoms with Crippen LogP contribution in [0.15, 0.2) is 51.8 Å². The third-order valence-corrected chi connectivity index (χ3v) is 4.48. The maximum atomic E-state index is 12.7. The van der Waals surface area contributed by atoms with Crippen molar-refractivity contribution >= 4 is 16.9 Å². The van der Waals surface area contributed by atoms with Crippen molar-refractivity contribution in [2.24, 2.45) is 0 Å². The van der Waals surface area contributed by atoms with Crippen LogP contribution in [-0.2, 0) is 0 Å². The number of carbonyl (C=O) groups is 1. The van der Waals surface area contributed by atoms with Gasteiger partial charge in [0.15, 0.2) is 11.3 Å². The molecule has 0 radical (unpaired) electrons. The third-order valence-electron chi connectivity index (χ3n) is 4.48. The molecule has 3 aromatic rings. The number of nitriles is 1. The highest BCUT2D eigenvalue weighted by Gasteiger charge is 2.35. The molecular formula is C20H15N3O5. The number of carbonyl (C=O) groups excluding carboxylic acids is 1. The van der Waals surface area contributed by atoms with E-state index in [4.69, 9.17) is 19.2 Å². The SMILES string of the molecule is COc1cccc2cc(C(=O)N3CC(Oc4ncccc4C#N)C3)c(=O)oc12. The summed E-state index contributed by atoms with van der Waals surface area (Å²) in [7, 11) is 1.48. The van der Waals surface area contributed by atoms with E-state index in [2.05, 4.69) is 4.98 Å². The van der Waals surface area contributed by atoms with Crippen LogP contribution in [0, 0.1) is 11.3 Å². The second-order valence-electron chi connectivity index (χ2n) is 6.24. The first-order chi connectivity index (χ1) is 13.6. The van der Waals surface area contributed by atoms with Gasteiger partial charge in [0.2, 0.25) is 5.88 Å². The number of likely N-dealkylation sites (tertiary alicyclic amines) is 1. The van der Waals surface area contributed by atoms with Crippen molar-refractivity contribution in [1.29, 1.82) is 5.26 Å². The Kier molecular flexibility index (Phi) is 4.41. The minimum atomic E-state index is -0.720. The van der Waals surface area contributed by atoms with E-state index in [1.165, 1.54) is 24.3 Å². The summed E-state index contributed by atoms with van der Waals surface area (Å²) in [6.45, 7) is 0.575. The standard InChI is InChI=1S/C20H15N3O5/c1-26-16-6-2-4-12-8-15(20(25)28-17(12)16)19(24)23-10-14(11-23)27-18-13(9-21)5-3-7-22-18/h2-8,14H,10-11H2,1H3. The molecule has 0 bridgehead atoms. The van der Waals surface area contributed by atoms with Gasteiger partial charge in [-0.2, -0.15) is 5.26 Å². The van der Waals surface area contributed by atoms with Crippen LogP contribution < -0.4 is 15.1 Å². The van der Waals surface area contributed by atoms with Crippen molar-refractivity contribution in [2.45, 2.75) is 6.10 Å². The normalized spacial score (nSPS) is 13.6. The van der Waals surface area contributed by atoms with E-state index >= 15 is 0 Å². The predicted molar refractivity (Wildman–Crippen MR) is 98.3 cm³/mol. The third kappa shape index (κ3) is 3.03. The average molecular weight is 377 g/mol. The van der Waals surface area contributed by atoms with Gasteiger partial charge in [0, 0.05) is 11.6 Å². The van der Waals surface area contributed by atoms with Crippen molar-refractivity contribution in [2.75, 3.05) is 20.2 Å². The lowest BCUT2D eigenvalue weighted by Crippen LogP contribution is -2.56. The molecule has 0 spiro atoms. The zero-order valence-electron chi connectivity index (χ0n) is 14.9. The van der Waals surface area contributed by atoms with Crippen molar-refractivity contribution in [3.63, 3.8) is 0 Å². The van der Waals surface area contributed by atoms with E-state index in [1.807, 2.05) is 6.07 Å². The highest BCUT2D eigenvalue weighted by atomic mass is 16.5. The largest absolute Gasteiger partial charge is 0.493 e. The van der Waals surface area contributed by atoms with Gasteiger partial charge in [0.25, 0.3) is 5.91 Å². The summed E-state index contributed by atoms with van der Waals surface area (Å²) in [5.41, 5.74) is -0.135. The van der Waals surface area contributed by atoms with E-state index in [-0.39, 0.29) is 30.6 Å². The molecule has 0 aliphatic carbocycles. The number of methoxy groups -OCH3 is 1. The molecule has 0 atom stereocenters. The van der Waals surface area contributed by atoms with Gasteiger partial charge in [-0.05, 0) is 24.3 Å². The van der Waals surface area contributed by atoms with Gasteiger partial charge in [-0.3, -0.25) is 4.79 Å². The maximum absolute atomic E-state index is 12.7. The molecule has 2 aromatic heterocycles. The number of hydrogen-bond acceptors (Lipinski definition) is 7. The number of amides is 1. The number of para-hydroxylation sites is 1. The van der Waals surface area contributed by atoms with Gasteiger partial charge < -0.3 is 18.8 Å². The molecule has 8 nitrogen and oxygen atoms in total. The molecule has 3 heterocycles. The Bertz CT molecular complexity index is 1160. The van der Waals surface area contributed by atoms with E-state index in [0.717, 1.165) is 0 Å². The quantitative estimate of drug-likeness (QED) is 0.640. The van der Waals surface area contributed by atoms with Crippen LogP contribution in [0.4, 0.5) is 0 Å². The fourth-order valence-electron chi connectivity index (χ4n) is 3.00. The number of hydrogen-bond donors (Lipinski definition) is 0. The van der Waals surface area contributed by atoms with Crippen LogP contribution in [0.25, 0.3) is 11.0 Å². The van der Waals surface area contributed by atoms with Crippen LogP contribution in [0.1, 0.15) is 15.9 Å². The number of rotatable bonds is 4. The molecule has 1 amide bonds. The molecule has 1 aromatic carbocycles. The van der Waals surface area contributed by atoms with Gasteiger partial charge in [-0.1, -0.05) is 12.1 Å². The highest BCUT2D eigenvalue weighted by Crippen LogP contribution is 2.26.